The number of aromatic nitrogens is 1. The number of anilines is 1. The summed E-state index contributed by atoms with van der Waals surface area (Å²) in [5.41, 5.74) is 0.301. The number of nitrogens with zero attached hydrogens (tertiary/aromatic N) is 1. The van der Waals surface area contributed by atoms with Gasteiger partial charge in [0.2, 0.25) is 0 Å². The Balaban J connectivity index is 1.98. The summed E-state index contributed by atoms with van der Waals surface area (Å²) in [7, 11) is 1.52. The van der Waals surface area contributed by atoms with Crippen LogP contribution in [0.1, 0.15) is 23.0 Å². The smallest absolute Gasteiger partial charge is 0.338 e. The van der Waals surface area contributed by atoms with Gasteiger partial charge in [0.25, 0.3) is 5.91 Å². The van der Waals surface area contributed by atoms with E-state index in [-0.39, 0.29) is 5.82 Å². The van der Waals surface area contributed by atoms with Crippen molar-refractivity contribution in [3.8, 4) is 5.75 Å². The topological polar surface area (TPSA) is 90.7 Å². The van der Waals surface area contributed by atoms with Crippen molar-refractivity contribution in [3.05, 3.63) is 40.1 Å². The van der Waals surface area contributed by atoms with Gasteiger partial charge in [0.15, 0.2) is 11.9 Å². The second kappa shape index (κ2) is 7.28. The molecule has 0 radical (unpaired) electrons. The summed E-state index contributed by atoms with van der Waals surface area (Å²) in [4.78, 5) is 24.0. The second-order valence-corrected chi connectivity index (χ2v) is 5.56. The number of benzene rings is 1. The van der Waals surface area contributed by atoms with Crippen LogP contribution >= 0.6 is 15.9 Å². The number of nitrogens with one attached hydrogen (secondary N) is 1. The number of halogens is 1. The molecule has 1 atom stereocenters. The lowest BCUT2D eigenvalue weighted by Gasteiger charge is -2.13. The number of carbonyl (C=O) groups is 2. The SMILES string of the molecule is COc1ccc(C(=O)O[C@H](C)C(=O)Nc2cc(C)on2)cc1Br. The highest BCUT2D eigenvalue weighted by Gasteiger charge is 2.20. The minimum absolute atomic E-state index is 0.266. The van der Waals surface area contributed by atoms with Crippen molar-refractivity contribution < 1.29 is 23.6 Å². The predicted molar refractivity (Wildman–Crippen MR) is 85.4 cm³/mol. The zero-order chi connectivity index (χ0) is 17.0. The fourth-order valence-corrected chi connectivity index (χ4v) is 2.27. The molecule has 0 saturated carbocycles. The van der Waals surface area contributed by atoms with Gasteiger partial charge in [-0.05, 0) is 48.0 Å². The molecule has 0 saturated heterocycles. The molecule has 0 unspecified atom stereocenters. The van der Waals surface area contributed by atoms with Crippen molar-refractivity contribution in [3.63, 3.8) is 0 Å². The van der Waals surface area contributed by atoms with E-state index in [1.54, 1.807) is 31.2 Å². The van der Waals surface area contributed by atoms with Gasteiger partial charge >= 0.3 is 5.97 Å². The molecule has 1 aromatic heterocycles. The third-order valence-corrected chi connectivity index (χ3v) is 3.54. The molecule has 1 amide bonds. The highest BCUT2D eigenvalue weighted by Crippen LogP contribution is 2.26. The van der Waals surface area contributed by atoms with Crippen molar-refractivity contribution in [1.29, 1.82) is 0 Å². The number of ether oxygens (including phenoxy) is 2. The van der Waals surface area contributed by atoms with E-state index >= 15 is 0 Å². The van der Waals surface area contributed by atoms with E-state index in [9.17, 15) is 9.59 Å². The van der Waals surface area contributed by atoms with E-state index in [0.29, 0.717) is 21.5 Å². The molecule has 2 aromatic rings. The zero-order valence-electron chi connectivity index (χ0n) is 12.8. The Morgan fingerprint density at radius 1 is 1.35 bits per heavy atom. The second-order valence-electron chi connectivity index (χ2n) is 4.71. The molecule has 0 fully saturated rings. The average molecular weight is 383 g/mol. The molecular weight excluding hydrogens is 368 g/mol. The Morgan fingerprint density at radius 2 is 2.09 bits per heavy atom. The molecule has 23 heavy (non-hydrogen) atoms. The Labute approximate surface area is 141 Å². The molecule has 0 bridgehead atoms. The number of amides is 1. The standard InChI is InChI=1S/C15H15BrN2O5/c1-8-6-13(18-23-8)17-14(19)9(2)22-15(20)10-4-5-12(21-3)11(16)7-10/h4-7,9H,1-3H3,(H,17,18,19)/t9-/m1/s1. The average Bonchev–Trinajstić information content (AvgIpc) is 2.92. The minimum atomic E-state index is -0.986. The van der Waals surface area contributed by atoms with E-state index < -0.39 is 18.0 Å². The van der Waals surface area contributed by atoms with E-state index in [2.05, 4.69) is 26.4 Å². The number of methoxy groups -OCH3 is 1. The summed E-state index contributed by atoms with van der Waals surface area (Å²) >= 11 is 3.29. The molecule has 8 heteroatoms. The van der Waals surface area contributed by atoms with Gasteiger partial charge < -0.3 is 19.3 Å². The Bertz CT molecular complexity index is 728. The molecule has 2 rings (SSSR count). The van der Waals surface area contributed by atoms with E-state index in [1.165, 1.54) is 14.0 Å². The molecule has 1 heterocycles. The molecule has 7 nitrogen and oxygen atoms in total. The number of rotatable bonds is 5. The normalized spacial score (nSPS) is 11.7. The van der Waals surface area contributed by atoms with Crippen LogP contribution in [0, 0.1) is 6.92 Å². The van der Waals surface area contributed by atoms with E-state index in [4.69, 9.17) is 14.0 Å². The number of carbonyl (C=O) groups excluding carboxylic acids is 2. The molecule has 1 aromatic carbocycles. The maximum Gasteiger partial charge on any atom is 0.338 e. The van der Waals surface area contributed by atoms with Gasteiger partial charge in [-0.2, -0.15) is 0 Å². The van der Waals surface area contributed by atoms with Crippen molar-refractivity contribution in [2.45, 2.75) is 20.0 Å². The van der Waals surface area contributed by atoms with Crippen LogP contribution in [-0.4, -0.2) is 30.2 Å². The van der Waals surface area contributed by atoms with Crippen LogP contribution in [0.4, 0.5) is 5.82 Å². The van der Waals surface area contributed by atoms with Crippen LogP contribution in [-0.2, 0) is 9.53 Å². The summed E-state index contributed by atoms with van der Waals surface area (Å²) in [6.45, 7) is 3.17. The van der Waals surface area contributed by atoms with Crippen molar-refractivity contribution in [2.75, 3.05) is 12.4 Å². The molecule has 0 aliphatic heterocycles. The molecule has 0 aliphatic rings. The third-order valence-electron chi connectivity index (χ3n) is 2.92. The zero-order valence-corrected chi connectivity index (χ0v) is 14.3. The van der Waals surface area contributed by atoms with Crippen molar-refractivity contribution in [2.24, 2.45) is 0 Å². The van der Waals surface area contributed by atoms with Crippen LogP contribution < -0.4 is 10.1 Å². The monoisotopic (exact) mass is 382 g/mol. The third kappa shape index (κ3) is 4.32. The maximum absolute atomic E-state index is 12.1. The highest BCUT2D eigenvalue weighted by molar-refractivity contribution is 9.10. The fourth-order valence-electron chi connectivity index (χ4n) is 1.73. The van der Waals surface area contributed by atoms with Gasteiger partial charge in [0, 0.05) is 6.07 Å². The molecule has 0 aliphatic carbocycles. The Kier molecular flexibility index (Phi) is 5.38. The summed E-state index contributed by atoms with van der Waals surface area (Å²) in [6.07, 6.45) is -0.986. The van der Waals surface area contributed by atoms with Crippen LogP contribution in [0.15, 0.2) is 33.3 Å². The first-order valence-corrected chi connectivity index (χ1v) is 7.48. The lowest BCUT2D eigenvalue weighted by atomic mass is 10.2. The largest absolute Gasteiger partial charge is 0.496 e. The van der Waals surface area contributed by atoms with Crippen LogP contribution in [0.3, 0.4) is 0 Å². The minimum Gasteiger partial charge on any atom is -0.496 e. The first-order chi connectivity index (χ1) is 10.9. The van der Waals surface area contributed by atoms with E-state index in [0.717, 1.165) is 0 Å². The van der Waals surface area contributed by atoms with Crippen LogP contribution in [0.2, 0.25) is 0 Å². The molecule has 0 spiro atoms. The molecule has 1 N–H and O–H groups in total. The molecule has 122 valence electrons. The summed E-state index contributed by atoms with van der Waals surface area (Å²) in [5.74, 6) is 0.302. The van der Waals surface area contributed by atoms with Gasteiger partial charge in [0.05, 0.1) is 17.1 Å². The summed E-state index contributed by atoms with van der Waals surface area (Å²) < 4.78 is 15.7. The first-order valence-electron chi connectivity index (χ1n) is 6.69. The lowest BCUT2D eigenvalue weighted by Crippen LogP contribution is -2.30. The first kappa shape index (κ1) is 17.0. The highest BCUT2D eigenvalue weighted by atomic mass is 79.9. The Morgan fingerprint density at radius 3 is 2.65 bits per heavy atom. The fraction of sp³-hybridized carbons (Fsp3) is 0.267. The van der Waals surface area contributed by atoms with Crippen molar-refractivity contribution in [1.82, 2.24) is 5.16 Å². The summed E-state index contributed by atoms with van der Waals surface area (Å²) in [5, 5.41) is 6.14. The number of aryl methyl sites for hydroxylation is 1. The van der Waals surface area contributed by atoms with Gasteiger partial charge in [-0.15, -0.1) is 0 Å². The van der Waals surface area contributed by atoms with Crippen molar-refractivity contribution >= 4 is 33.6 Å². The van der Waals surface area contributed by atoms with Gasteiger partial charge in [-0.1, -0.05) is 5.16 Å². The number of hydrogen-bond acceptors (Lipinski definition) is 6. The van der Waals surface area contributed by atoms with Gasteiger partial charge in [-0.25, -0.2) is 4.79 Å². The van der Waals surface area contributed by atoms with Crippen LogP contribution in [0.5, 0.6) is 5.75 Å². The van der Waals surface area contributed by atoms with Crippen LogP contribution in [0.25, 0.3) is 0 Å². The van der Waals surface area contributed by atoms with Gasteiger partial charge in [-0.3, -0.25) is 4.79 Å². The van der Waals surface area contributed by atoms with Gasteiger partial charge in [0.1, 0.15) is 11.5 Å². The number of esters is 1. The van der Waals surface area contributed by atoms with E-state index in [1.807, 2.05) is 0 Å². The molecular formula is C15H15BrN2O5. The lowest BCUT2D eigenvalue weighted by molar-refractivity contribution is -0.123. The Hall–Kier alpha value is -2.35. The maximum atomic E-state index is 12.1. The quantitative estimate of drug-likeness (QED) is 0.799. The summed E-state index contributed by atoms with van der Waals surface area (Å²) in [6, 6.07) is 6.31. The number of hydrogen-bond donors (Lipinski definition) is 1. The predicted octanol–water partition coefficient (Wildman–Crippen LogP) is 2.94.